The summed E-state index contributed by atoms with van der Waals surface area (Å²) in [5.41, 5.74) is 1.88. The number of benzene rings is 1. The molecular weight excluding hydrogens is 218 g/mol. The maximum absolute atomic E-state index is 11.8. The monoisotopic (exact) mass is 231 g/mol. The van der Waals surface area contributed by atoms with Crippen LogP contribution in [0.4, 0.5) is 0 Å². The van der Waals surface area contributed by atoms with Gasteiger partial charge in [0.2, 0.25) is 0 Å². The van der Waals surface area contributed by atoms with Crippen LogP contribution in [0.1, 0.15) is 0 Å². The standard InChI is InChI=1S/C13H13NOS/c1-10(9-16)8-14-12-5-3-2-4-11(12)6-7-13(14)15/h2-7,16H,1,8-9H2. The van der Waals surface area contributed by atoms with Crippen LogP contribution in [0.15, 0.2) is 53.3 Å². The van der Waals surface area contributed by atoms with Crippen molar-refractivity contribution < 1.29 is 0 Å². The van der Waals surface area contributed by atoms with Gasteiger partial charge in [-0.2, -0.15) is 12.6 Å². The van der Waals surface area contributed by atoms with E-state index in [0.29, 0.717) is 12.3 Å². The molecule has 0 amide bonds. The number of hydrogen-bond acceptors (Lipinski definition) is 2. The third-order valence-corrected chi connectivity index (χ3v) is 2.95. The summed E-state index contributed by atoms with van der Waals surface area (Å²) in [4.78, 5) is 11.8. The van der Waals surface area contributed by atoms with Gasteiger partial charge < -0.3 is 4.57 Å². The molecule has 0 fully saturated rings. The number of rotatable bonds is 3. The molecule has 0 saturated heterocycles. The fraction of sp³-hybridized carbons (Fsp3) is 0.154. The largest absolute Gasteiger partial charge is 0.304 e. The number of hydrogen-bond donors (Lipinski definition) is 1. The van der Waals surface area contributed by atoms with E-state index in [-0.39, 0.29) is 5.56 Å². The van der Waals surface area contributed by atoms with Crippen LogP contribution in [0.2, 0.25) is 0 Å². The molecule has 0 atom stereocenters. The summed E-state index contributed by atoms with van der Waals surface area (Å²) < 4.78 is 1.73. The number of nitrogens with zero attached hydrogens (tertiary/aromatic N) is 1. The summed E-state index contributed by atoms with van der Waals surface area (Å²) in [5, 5.41) is 1.06. The lowest BCUT2D eigenvalue weighted by molar-refractivity contribution is 0.785. The second-order valence-corrected chi connectivity index (χ2v) is 4.04. The third-order valence-electron chi connectivity index (χ3n) is 2.50. The van der Waals surface area contributed by atoms with E-state index < -0.39 is 0 Å². The number of fused-ring (bicyclic) bond motifs is 1. The van der Waals surface area contributed by atoms with Crippen molar-refractivity contribution in [3.05, 3.63) is 58.9 Å². The SMILES string of the molecule is C=C(CS)Cn1c(=O)ccc2ccccc21. The summed E-state index contributed by atoms with van der Waals surface area (Å²) in [5.74, 6) is 0.593. The molecule has 2 rings (SSSR count). The predicted molar refractivity (Wildman–Crippen MR) is 71.2 cm³/mol. The van der Waals surface area contributed by atoms with Gasteiger partial charge in [0.15, 0.2) is 0 Å². The minimum atomic E-state index is 0.00151. The minimum Gasteiger partial charge on any atom is -0.304 e. The second-order valence-electron chi connectivity index (χ2n) is 3.72. The maximum Gasteiger partial charge on any atom is 0.251 e. The van der Waals surface area contributed by atoms with Crippen molar-refractivity contribution in [3.63, 3.8) is 0 Å². The predicted octanol–water partition coefficient (Wildman–Crippen LogP) is 2.49. The van der Waals surface area contributed by atoms with Crippen molar-refractivity contribution in [1.29, 1.82) is 0 Å². The fourth-order valence-electron chi connectivity index (χ4n) is 1.68. The molecule has 2 aromatic rings. The highest BCUT2D eigenvalue weighted by Crippen LogP contribution is 2.12. The first-order valence-corrected chi connectivity index (χ1v) is 5.71. The van der Waals surface area contributed by atoms with Crippen LogP contribution in [0.3, 0.4) is 0 Å². The summed E-state index contributed by atoms with van der Waals surface area (Å²) >= 11 is 4.16. The van der Waals surface area contributed by atoms with Crippen molar-refractivity contribution >= 4 is 23.5 Å². The van der Waals surface area contributed by atoms with Crippen molar-refractivity contribution in [2.24, 2.45) is 0 Å². The van der Waals surface area contributed by atoms with Crippen LogP contribution in [0.25, 0.3) is 10.9 Å². The molecule has 0 aliphatic rings. The summed E-state index contributed by atoms with van der Waals surface area (Å²) in [6, 6.07) is 11.3. The van der Waals surface area contributed by atoms with E-state index >= 15 is 0 Å². The smallest absolute Gasteiger partial charge is 0.251 e. The molecule has 2 nitrogen and oxygen atoms in total. The number of pyridine rings is 1. The molecule has 0 spiro atoms. The van der Waals surface area contributed by atoms with Crippen molar-refractivity contribution in [3.8, 4) is 0 Å². The lowest BCUT2D eigenvalue weighted by atomic mass is 10.2. The Balaban J connectivity index is 2.61. The summed E-state index contributed by atoms with van der Waals surface area (Å²) in [6.45, 7) is 4.41. The van der Waals surface area contributed by atoms with Gasteiger partial charge in [-0.3, -0.25) is 4.79 Å². The van der Waals surface area contributed by atoms with Gasteiger partial charge in [0.05, 0.1) is 5.52 Å². The van der Waals surface area contributed by atoms with E-state index in [4.69, 9.17) is 0 Å². The van der Waals surface area contributed by atoms with Crippen LogP contribution in [0, 0.1) is 0 Å². The first-order chi connectivity index (χ1) is 7.72. The van der Waals surface area contributed by atoms with Gasteiger partial charge in [-0.05, 0) is 23.1 Å². The van der Waals surface area contributed by atoms with Gasteiger partial charge in [-0.25, -0.2) is 0 Å². The van der Waals surface area contributed by atoms with E-state index in [1.165, 1.54) is 0 Å². The zero-order valence-electron chi connectivity index (χ0n) is 8.89. The fourth-order valence-corrected chi connectivity index (χ4v) is 1.78. The quantitative estimate of drug-likeness (QED) is 0.636. The molecule has 1 aromatic heterocycles. The van der Waals surface area contributed by atoms with Crippen LogP contribution >= 0.6 is 12.6 Å². The molecule has 3 heteroatoms. The van der Waals surface area contributed by atoms with Gasteiger partial charge in [-0.15, -0.1) is 0 Å². The van der Waals surface area contributed by atoms with E-state index in [9.17, 15) is 4.79 Å². The molecule has 16 heavy (non-hydrogen) atoms. The number of aromatic nitrogens is 1. The molecule has 1 aromatic carbocycles. The first-order valence-electron chi connectivity index (χ1n) is 5.08. The van der Waals surface area contributed by atoms with Gasteiger partial charge in [0.25, 0.3) is 5.56 Å². The lowest BCUT2D eigenvalue weighted by Gasteiger charge is -2.10. The van der Waals surface area contributed by atoms with E-state index in [1.807, 2.05) is 30.3 Å². The molecule has 1 heterocycles. The molecule has 0 saturated carbocycles. The molecule has 0 unspecified atom stereocenters. The molecule has 0 N–H and O–H groups in total. The van der Waals surface area contributed by atoms with Crippen LogP contribution in [-0.2, 0) is 6.54 Å². The first kappa shape index (κ1) is 11.0. The Morgan fingerprint density at radius 3 is 2.75 bits per heavy atom. The molecule has 82 valence electrons. The normalized spacial score (nSPS) is 10.6. The highest BCUT2D eigenvalue weighted by atomic mass is 32.1. The van der Waals surface area contributed by atoms with Gasteiger partial charge in [0, 0.05) is 18.4 Å². The van der Waals surface area contributed by atoms with E-state index in [1.54, 1.807) is 10.6 Å². The van der Waals surface area contributed by atoms with Crippen LogP contribution in [-0.4, -0.2) is 10.3 Å². The van der Waals surface area contributed by atoms with E-state index in [2.05, 4.69) is 19.2 Å². The topological polar surface area (TPSA) is 22.0 Å². The number of para-hydroxylation sites is 1. The highest BCUT2D eigenvalue weighted by Gasteiger charge is 2.02. The summed E-state index contributed by atoms with van der Waals surface area (Å²) in [6.07, 6.45) is 0. The molecule has 0 radical (unpaired) electrons. The zero-order chi connectivity index (χ0) is 11.5. The summed E-state index contributed by atoms with van der Waals surface area (Å²) in [7, 11) is 0. The Bertz CT molecular complexity index is 586. The van der Waals surface area contributed by atoms with Crippen LogP contribution in [0.5, 0.6) is 0 Å². The van der Waals surface area contributed by atoms with Crippen LogP contribution < -0.4 is 5.56 Å². The highest BCUT2D eigenvalue weighted by molar-refractivity contribution is 7.80. The Morgan fingerprint density at radius 2 is 2.00 bits per heavy atom. The van der Waals surface area contributed by atoms with Gasteiger partial charge in [-0.1, -0.05) is 24.8 Å². The number of thiol groups is 1. The van der Waals surface area contributed by atoms with Crippen molar-refractivity contribution in [2.75, 3.05) is 5.75 Å². The Hall–Kier alpha value is -1.48. The van der Waals surface area contributed by atoms with Gasteiger partial charge >= 0.3 is 0 Å². The third kappa shape index (κ3) is 2.04. The average Bonchev–Trinajstić information content (AvgIpc) is 2.32. The Kier molecular flexibility index (Phi) is 3.15. The van der Waals surface area contributed by atoms with Crippen molar-refractivity contribution in [1.82, 2.24) is 4.57 Å². The average molecular weight is 231 g/mol. The Labute approximate surface area is 99.6 Å². The molecular formula is C13H13NOS. The second kappa shape index (κ2) is 4.58. The van der Waals surface area contributed by atoms with Gasteiger partial charge in [0.1, 0.15) is 0 Å². The Morgan fingerprint density at radius 1 is 1.25 bits per heavy atom. The molecule has 0 aliphatic heterocycles. The molecule has 0 aliphatic carbocycles. The zero-order valence-corrected chi connectivity index (χ0v) is 9.78. The minimum absolute atomic E-state index is 0.00151. The lowest BCUT2D eigenvalue weighted by Crippen LogP contribution is -2.20. The van der Waals surface area contributed by atoms with Crippen molar-refractivity contribution in [2.45, 2.75) is 6.54 Å². The maximum atomic E-state index is 11.8. The van der Waals surface area contributed by atoms with E-state index in [0.717, 1.165) is 16.5 Å². The molecule has 0 bridgehead atoms.